The van der Waals surface area contributed by atoms with Crippen LogP contribution < -0.4 is 16.2 Å². The number of pyridine rings is 2. The molecule has 4 aliphatic rings. The summed E-state index contributed by atoms with van der Waals surface area (Å²) >= 11 is 0. The maximum absolute atomic E-state index is 15.6. The van der Waals surface area contributed by atoms with Crippen LogP contribution in [0.15, 0.2) is 59.4 Å². The Hall–Kier alpha value is -7.58. The van der Waals surface area contributed by atoms with Crippen LogP contribution in [0.2, 0.25) is 0 Å². The molecule has 0 saturated carbocycles. The molecule has 5 heterocycles. The maximum atomic E-state index is 15.6. The van der Waals surface area contributed by atoms with E-state index in [0.717, 1.165) is 21.6 Å². The van der Waals surface area contributed by atoms with E-state index in [1.54, 1.807) is 36.9 Å². The summed E-state index contributed by atoms with van der Waals surface area (Å²) in [4.78, 5) is 137. The summed E-state index contributed by atoms with van der Waals surface area (Å²) in [5.41, 5.74) is 2.31. The summed E-state index contributed by atoms with van der Waals surface area (Å²) in [6.07, 6.45) is 5.48. The average molecular weight is 1070 g/mol. The molecule has 3 N–H and O–H groups in total. The molecule has 412 valence electrons. The number of hydrogen-bond acceptors (Lipinski definition) is 14. The van der Waals surface area contributed by atoms with Gasteiger partial charge in [-0.3, -0.25) is 48.1 Å². The topological polar surface area (TPSA) is 258 Å². The molecule has 0 unspecified atom stereocenters. The van der Waals surface area contributed by atoms with Gasteiger partial charge >= 0.3 is 5.97 Å². The second kappa shape index (κ2) is 24.8. The number of nitrogens with one attached hydrogen (secondary N) is 2. The van der Waals surface area contributed by atoms with Gasteiger partial charge in [0.05, 0.1) is 54.8 Å². The van der Waals surface area contributed by atoms with Gasteiger partial charge in [-0.2, -0.15) is 0 Å². The first-order valence-electron chi connectivity index (χ1n) is 26.8. The van der Waals surface area contributed by atoms with E-state index in [9.17, 15) is 53.1 Å². The molecule has 0 spiro atoms. The van der Waals surface area contributed by atoms with Crippen molar-refractivity contribution in [1.82, 2.24) is 30.0 Å². The Morgan fingerprint density at radius 3 is 2.37 bits per heavy atom. The van der Waals surface area contributed by atoms with Crippen LogP contribution >= 0.6 is 0 Å². The molecule has 3 atom stereocenters. The number of amides is 5. The van der Waals surface area contributed by atoms with Crippen LogP contribution in [0, 0.1) is 18.7 Å². The fraction of sp³-hybridized carbons (Fsp3) is 0.466. The first kappa shape index (κ1) is 56.6. The quantitative estimate of drug-likeness (QED) is 0.0369. The highest BCUT2D eigenvalue weighted by atomic mass is 19.1. The standard InChI is InChI=1S/C58H65FN6O13/c1-4-22-63(46-17-16-40-34(3)44(59)28-45-52(40)53(46)41-31-65-47(54(41)62-45)27-43-42(56(65)74)32-78-57(75)58(43,76)5-2)51(72)33-77-24-21-38(67)29-61-55(73)36(25-35-12-8-6-9-13-35)26-39(68)30-60-48(69)18-15-37(66)14-10-7-11-23-64-49(70)19-20-50(64)71/h6,8-9,12-13,19-20,27-28,36,46,76H,4-5,7,10-11,14-18,21-26,29-33H2,1-3H3,(H,60,69)(H,61,73)/t36-,46+,58+/m1/s1. The molecule has 5 amide bonds. The van der Waals surface area contributed by atoms with Gasteiger partial charge in [-0.25, -0.2) is 14.2 Å². The van der Waals surface area contributed by atoms with E-state index in [1.165, 1.54) is 22.8 Å². The molecule has 20 heteroatoms. The molecule has 8 rings (SSSR count). The van der Waals surface area contributed by atoms with Crippen LogP contribution in [0.25, 0.3) is 22.3 Å². The zero-order chi connectivity index (χ0) is 55.8. The van der Waals surface area contributed by atoms with Crippen molar-refractivity contribution in [2.45, 2.75) is 129 Å². The smallest absolute Gasteiger partial charge is 0.343 e. The number of imide groups is 1. The van der Waals surface area contributed by atoms with E-state index in [0.29, 0.717) is 78.5 Å². The number of esters is 1. The number of aryl methyl sites for hydroxylation is 1. The number of unbranched alkanes of at least 4 members (excludes halogenated alkanes) is 2. The Bertz CT molecular complexity index is 3150. The number of carbonyl (C=O) groups is 9. The van der Waals surface area contributed by atoms with Crippen LogP contribution in [-0.4, -0.2) is 117 Å². The molecule has 0 fully saturated rings. The Balaban J connectivity index is 0.840. The van der Waals surface area contributed by atoms with Crippen LogP contribution in [0.5, 0.6) is 0 Å². The van der Waals surface area contributed by atoms with Gasteiger partial charge in [-0.15, -0.1) is 0 Å². The fourth-order valence-electron chi connectivity index (χ4n) is 11.0. The number of hydrogen-bond donors (Lipinski definition) is 3. The summed E-state index contributed by atoms with van der Waals surface area (Å²) < 4.78 is 28.2. The minimum atomic E-state index is -2.05. The monoisotopic (exact) mass is 1070 g/mol. The number of rotatable bonds is 27. The van der Waals surface area contributed by atoms with Gasteiger partial charge in [0.25, 0.3) is 17.4 Å². The summed E-state index contributed by atoms with van der Waals surface area (Å²) in [6, 6.07) is 11.4. The van der Waals surface area contributed by atoms with Crippen molar-refractivity contribution in [2.75, 3.05) is 39.4 Å². The third-order valence-corrected chi connectivity index (χ3v) is 15.2. The van der Waals surface area contributed by atoms with Crippen molar-refractivity contribution < 1.29 is 62.1 Å². The van der Waals surface area contributed by atoms with Crippen molar-refractivity contribution in [3.8, 4) is 11.4 Å². The number of fused-ring (bicyclic) bond motifs is 5. The average Bonchev–Trinajstić information content (AvgIpc) is 4.15. The third kappa shape index (κ3) is 12.2. The van der Waals surface area contributed by atoms with Crippen molar-refractivity contribution in [1.29, 1.82) is 0 Å². The Labute approximate surface area is 449 Å². The molecule has 0 bridgehead atoms. The number of cyclic esters (lactones) is 1. The highest BCUT2D eigenvalue weighted by Crippen LogP contribution is 2.47. The third-order valence-electron chi connectivity index (χ3n) is 15.2. The van der Waals surface area contributed by atoms with E-state index < -0.39 is 52.5 Å². The van der Waals surface area contributed by atoms with Gasteiger partial charge in [-0.05, 0) is 80.2 Å². The lowest BCUT2D eigenvalue weighted by molar-refractivity contribution is -0.172. The van der Waals surface area contributed by atoms with E-state index in [1.807, 2.05) is 25.1 Å². The molecule has 2 aromatic heterocycles. The number of ketones is 3. The summed E-state index contributed by atoms with van der Waals surface area (Å²) in [6.45, 7) is 4.39. The minimum absolute atomic E-state index is 0.0190. The lowest BCUT2D eigenvalue weighted by atomic mass is 9.81. The van der Waals surface area contributed by atoms with Gasteiger partial charge in [0.15, 0.2) is 17.2 Å². The number of aromatic nitrogens is 2. The minimum Gasteiger partial charge on any atom is -0.458 e. The molecule has 78 heavy (non-hydrogen) atoms. The zero-order valence-electron chi connectivity index (χ0n) is 44.2. The molecule has 0 radical (unpaired) electrons. The summed E-state index contributed by atoms with van der Waals surface area (Å²) in [5, 5.41) is 17.3. The SMILES string of the molecule is CCCN(C(=O)COCCC(=O)CNC(=O)[C@@H](CC(=O)CNC(=O)CCC(=O)CCCCCN1C(=O)C=CC1=O)Cc1ccccc1)[C@H]1CCc2c(C)c(F)cc3nc4c(c1c23)Cn1c-4cc2c(c1=O)COC(=O)[C@]2(O)CC. The second-order valence-electron chi connectivity index (χ2n) is 20.4. The normalized spacial score (nSPS) is 17.3. The van der Waals surface area contributed by atoms with Crippen LogP contribution in [0.3, 0.4) is 0 Å². The maximum Gasteiger partial charge on any atom is 0.343 e. The van der Waals surface area contributed by atoms with Crippen LogP contribution in [0.4, 0.5) is 4.39 Å². The first-order valence-corrected chi connectivity index (χ1v) is 26.8. The number of ether oxygens (including phenoxy) is 2. The molecule has 19 nitrogen and oxygen atoms in total. The van der Waals surface area contributed by atoms with E-state index in [4.69, 9.17) is 14.5 Å². The van der Waals surface area contributed by atoms with Crippen molar-refractivity contribution in [3.63, 3.8) is 0 Å². The van der Waals surface area contributed by atoms with Gasteiger partial charge in [0.1, 0.15) is 24.8 Å². The number of benzene rings is 2. The predicted molar refractivity (Wildman–Crippen MR) is 281 cm³/mol. The Morgan fingerprint density at radius 2 is 1.64 bits per heavy atom. The highest BCUT2D eigenvalue weighted by Gasteiger charge is 2.46. The molecule has 1 aliphatic carbocycles. The van der Waals surface area contributed by atoms with Crippen LogP contribution in [-0.2, 0) is 84.2 Å². The molecule has 3 aliphatic heterocycles. The molecule has 0 saturated heterocycles. The second-order valence-corrected chi connectivity index (χ2v) is 20.4. The van der Waals surface area contributed by atoms with E-state index >= 15 is 4.39 Å². The molecular weight excluding hydrogens is 1010 g/mol. The van der Waals surface area contributed by atoms with Gasteiger partial charge in [0.2, 0.25) is 17.7 Å². The number of carbonyl (C=O) groups excluding carboxylic acids is 9. The fourth-order valence-corrected chi connectivity index (χ4v) is 11.0. The van der Waals surface area contributed by atoms with E-state index in [-0.39, 0.29) is 131 Å². The number of Topliss-reactive ketones (excluding diaryl/α,β-unsaturated/α-hetero) is 3. The number of aliphatic hydroxyl groups is 1. The van der Waals surface area contributed by atoms with Crippen molar-refractivity contribution in [2.24, 2.45) is 5.92 Å². The van der Waals surface area contributed by atoms with Gasteiger partial charge in [0, 0.05) is 85.8 Å². The van der Waals surface area contributed by atoms with E-state index in [2.05, 4.69) is 10.6 Å². The van der Waals surface area contributed by atoms with Gasteiger partial charge < -0.3 is 34.7 Å². The van der Waals surface area contributed by atoms with Crippen LogP contribution in [0.1, 0.15) is 129 Å². The molecule has 4 aromatic rings. The van der Waals surface area contributed by atoms with Crippen molar-refractivity contribution in [3.05, 3.63) is 110 Å². The van der Waals surface area contributed by atoms with Crippen molar-refractivity contribution >= 4 is 63.8 Å². The predicted octanol–water partition coefficient (Wildman–Crippen LogP) is 4.61. The summed E-state index contributed by atoms with van der Waals surface area (Å²) in [5.74, 6) is -5.20. The largest absolute Gasteiger partial charge is 0.458 e. The van der Waals surface area contributed by atoms with Gasteiger partial charge in [-0.1, -0.05) is 50.6 Å². The zero-order valence-corrected chi connectivity index (χ0v) is 44.2. The number of halogens is 1. The lowest BCUT2D eigenvalue weighted by Crippen LogP contribution is -2.44. The Kier molecular flexibility index (Phi) is 18.0. The lowest BCUT2D eigenvalue weighted by Gasteiger charge is -2.37. The summed E-state index contributed by atoms with van der Waals surface area (Å²) in [7, 11) is 0. The Morgan fingerprint density at radius 1 is 0.897 bits per heavy atom. The first-order chi connectivity index (χ1) is 37.4. The highest BCUT2D eigenvalue weighted by molar-refractivity contribution is 6.12. The number of nitrogens with zero attached hydrogens (tertiary/aromatic N) is 4. The molecule has 2 aromatic carbocycles. The molecular formula is C58H65FN6O13.